The lowest BCUT2D eigenvalue weighted by atomic mass is 9.98. The second-order valence-corrected chi connectivity index (χ2v) is 5.81. The minimum absolute atomic E-state index is 0.104. The van der Waals surface area contributed by atoms with E-state index in [-0.39, 0.29) is 17.9 Å². The standard InChI is InChI=1S/C15H26N2O3/c1-20-15(19)13-7-3-5-11-17(13)14(18)9-8-12-6-2-4-10-16-12/h12-13,16H,2-11H2,1H3. The van der Waals surface area contributed by atoms with Crippen molar-refractivity contribution in [2.45, 2.75) is 63.5 Å². The van der Waals surface area contributed by atoms with Crippen LogP contribution in [0.2, 0.25) is 0 Å². The van der Waals surface area contributed by atoms with E-state index in [1.54, 1.807) is 4.90 Å². The van der Waals surface area contributed by atoms with Gasteiger partial charge in [0, 0.05) is 19.0 Å². The summed E-state index contributed by atoms with van der Waals surface area (Å²) < 4.78 is 4.82. The molecule has 5 heteroatoms. The van der Waals surface area contributed by atoms with Gasteiger partial charge in [0.15, 0.2) is 0 Å². The number of piperidine rings is 2. The second kappa shape index (κ2) is 7.62. The Balaban J connectivity index is 1.83. The minimum atomic E-state index is -0.361. The molecule has 0 aromatic heterocycles. The van der Waals surface area contributed by atoms with Crippen molar-refractivity contribution < 1.29 is 14.3 Å². The van der Waals surface area contributed by atoms with Crippen LogP contribution in [0, 0.1) is 0 Å². The summed E-state index contributed by atoms with van der Waals surface area (Å²) >= 11 is 0. The molecule has 0 radical (unpaired) electrons. The summed E-state index contributed by atoms with van der Waals surface area (Å²) in [5.41, 5.74) is 0. The zero-order valence-electron chi connectivity index (χ0n) is 12.4. The van der Waals surface area contributed by atoms with Crippen molar-refractivity contribution in [3.8, 4) is 0 Å². The van der Waals surface area contributed by atoms with Crippen LogP contribution in [0.4, 0.5) is 0 Å². The van der Waals surface area contributed by atoms with Gasteiger partial charge in [0.25, 0.3) is 0 Å². The molecule has 2 saturated heterocycles. The molecule has 2 aliphatic rings. The van der Waals surface area contributed by atoms with Crippen LogP contribution in [0.1, 0.15) is 51.4 Å². The molecular weight excluding hydrogens is 256 g/mol. The molecule has 114 valence electrons. The molecule has 2 fully saturated rings. The number of amides is 1. The SMILES string of the molecule is COC(=O)C1CCCCN1C(=O)CCC1CCCCN1. The molecule has 2 rings (SSSR count). The van der Waals surface area contributed by atoms with Gasteiger partial charge in [-0.15, -0.1) is 0 Å². The Labute approximate surface area is 121 Å². The summed E-state index contributed by atoms with van der Waals surface area (Å²) in [5.74, 6) is -0.165. The lowest BCUT2D eigenvalue weighted by Crippen LogP contribution is -2.48. The zero-order valence-corrected chi connectivity index (χ0v) is 12.4. The highest BCUT2D eigenvalue weighted by molar-refractivity contribution is 5.84. The van der Waals surface area contributed by atoms with Crippen LogP contribution in [0.3, 0.4) is 0 Å². The molecule has 0 spiro atoms. The number of methoxy groups -OCH3 is 1. The Kier molecular flexibility index (Phi) is 5.83. The van der Waals surface area contributed by atoms with E-state index < -0.39 is 0 Å². The van der Waals surface area contributed by atoms with Gasteiger partial charge in [-0.05, 0) is 45.1 Å². The van der Waals surface area contributed by atoms with Gasteiger partial charge in [0.05, 0.1) is 7.11 Å². The molecule has 2 aliphatic heterocycles. The third-order valence-electron chi connectivity index (χ3n) is 4.42. The largest absolute Gasteiger partial charge is 0.467 e. The molecule has 5 nitrogen and oxygen atoms in total. The normalized spacial score (nSPS) is 27.1. The van der Waals surface area contributed by atoms with Crippen molar-refractivity contribution in [2.24, 2.45) is 0 Å². The predicted octanol–water partition coefficient (Wildman–Crippen LogP) is 1.46. The van der Waals surface area contributed by atoms with Crippen LogP contribution in [-0.4, -0.2) is 49.1 Å². The first-order valence-corrected chi connectivity index (χ1v) is 7.83. The first kappa shape index (κ1) is 15.3. The average Bonchev–Trinajstić information content (AvgIpc) is 2.52. The van der Waals surface area contributed by atoms with Gasteiger partial charge in [-0.25, -0.2) is 4.79 Å². The van der Waals surface area contributed by atoms with E-state index in [9.17, 15) is 9.59 Å². The molecule has 2 unspecified atom stereocenters. The van der Waals surface area contributed by atoms with Gasteiger partial charge in [-0.1, -0.05) is 6.42 Å². The van der Waals surface area contributed by atoms with Gasteiger partial charge in [0.1, 0.15) is 6.04 Å². The summed E-state index contributed by atoms with van der Waals surface area (Å²) in [6.07, 6.45) is 7.78. The van der Waals surface area contributed by atoms with Crippen LogP contribution < -0.4 is 5.32 Å². The fourth-order valence-electron chi connectivity index (χ4n) is 3.22. The van der Waals surface area contributed by atoms with Crippen molar-refractivity contribution in [3.63, 3.8) is 0 Å². The Morgan fingerprint density at radius 2 is 2.00 bits per heavy atom. The molecular formula is C15H26N2O3. The number of rotatable bonds is 4. The first-order chi connectivity index (χ1) is 9.72. The third kappa shape index (κ3) is 3.95. The van der Waals surface area contributed by atoms with E-state index in [0.29, 0.717) is 19.0 Å². The number of nitrogens with one attached hydrogen (secondary N) is 1. The van der Waals surface area contributed by atoms with Crippen molar-refractivity contribution >= 4 is 11.9 Å². The molecule has 20 heavy (non-hydrogen) atoms. The fourth-order valence-corrected chi connectivity index (χ4v) is 3.22. The van der Waals surface area contributed by atoms with E-state index in [1.807, 2.05) is 0 Å². The molecule has 1 N–H and O–H groups in total. The van der Waals surface area contributed by atoms with E-state index >= 15 is 0 Å². The molecule has 0 aromatic rings. The smallest absolute Gasteiger partial charge is 0.328 e. The van der Waals surface area contributed by atoms with Crippen molar-refractivity contribution in [1.29, 1.82) is 0 Å². The van der Waals surface area contributed by atoms with E-state index in [1.165, 1.54) is 20.0 Å². The number of carbonyl (C=O) groups excluding carboxylic acids is 2. The van der Waals surface area contributed by atoms with Crippen molar-refractivity contribution in [3.05, 3.63) is 0 Å². The Bertz CT molecular complexity index is 340. The van der Waals surface area contributed by atoms with Gasteiger partial charge in [-0.3, -0.25) is 4.79 Å². The molecule has 0 saturated carbocycles. The summed E-state index contributed by atoms with van der Waals surface area (Å²) in [7, 11) is 1.39. The lowest BCUT2D eigenvalue weighted by Gasteiger charge is -2.34. The van der Waals surface area contributed by atoms with Crippen LogP contribution in [0.25, 0.3) is 0 Å². The topological polar surface area (TPSA) is 58.6 Å². The van der Waals surface area contributed by atoms with Crippen LogP contribution >= 0.6 is 0 Å². The Morgan fingerprint density at radius 3 is 2.70 bits per heavy atom. The molecule has 0 aromatic carbocycles. The number of hydrogen-bond acceptors (Lipinski definition) is 4. The van der Waals surface area contributed by atoms with Crippen LogP contribution in [0.15, 0.2) is 0 Å². The van der Waals surface area contributed by atoms with Crippen molar-refractivity contribution in [2.75, 3.05) is 20.2 Å². The van der Waals surface area contributed by atoms with Crippen molar-refractivity contribution in [1.82, 2.24) is 10.2 Å². The quantitative estimate of drug-likeness (QED) is 0.793. The average molecular weight is 282 g/mol. The fraction of sp³-hybridized carbons (Fsp3) is 0.867. The monoisotopic (exact) mass is 282 g/mol. The maximum absolute atomic E-state index is 12.4. The highest BCUT2D eigenvalue weighted by Crippen LogP contribution is 2.20. The molecule has 2 atom stereocenters. The highest BCUT2D eigenvalue weighted by Gasteiger charge is 2.32. The number of carbonyl (C=O) groups is 2. The van der Waals surface area contributed by atoms with E-state index in [4.69, 9.17) is 4.74 Å². The number of ether oxygens (including phenoxy) is 1. The second-order valence-electron chi connectivity index (χ2n) is 5.81. The van der Waals surface area contributed by atoms with Gasteiger partial charge in [0.2, 0.25) is 5.91 Å². The van der Waals surface area contributed by atoms with Gasteiger partial charge in [-0.2, -0.15) is 0 Å². The number of esters is 1. The van der Waals surface area contributed by atoms with Crippen LogP contribution in [-0.2, 0) is 14.3 Å². The van der Waals surface area contributed by atoms with E-state index in [2.05, 4.69) is 5.32 Å². The Morgan fingerprint density at radius 1 is 1.20 bits per heavy atom. The minimum Gasteiger partial charge on any atom is -0.467 e. The van der Waals surface area contributed by atoms with Crippen LogP contribution in [0.5, 0.6) is 0 Å². The number of likely N-dealkylation sites (tertiary alicyclic amines) is 1. The summed E-state index contributed by atoms with van der Waals surface area (Å²) in [4.78, 5) is 25.9. The summed E-state index contributed by atoms with van der Waals surface area (Å²) in [6.45, 7) is 1.75. The maximum Gasteiger partial charge on any atom is 0.328 e. The molecule has 1 amide bonds. The summed E-state index contributed by atoms with van der Waals surface area (Å²) in [6, 6.07) is 0.106. The highest BCUT2D eigenvalue weighted by atomic mass is 16.5. The number of hydrogen-bond donors (Lipinski definition) is 1. The maximum atomic E-state index is 12.4. The first-order valence-electron chi connectivity index (χ1n) is 7.83. The molecule has 0 aliphatic carbocycles. The third-order valence-corrected chi connectivity index (χ3v) is 4.42. The number of nitrogens with zero attached hydrogens (tertiary/aromatic N) is 1. The summed E-state index contributed by atoms with van der Waals surface area (Å²) in [5, 5.41) is 3.46. The Hall–Kier alpha value is -1.10. The van der Waals surface area contributed by atoms with Gasteiger partial charge >= 0.3 is 5.97 Å². The molecule has 2 heterocycles. The van der Waals surface area contributed by atoms with Gasteiger partial charge < -0.3 is 15.0 Å². The van der Waals surface area contributed by atoms with E-state index in [0.717, 1.165) is 38.6 Å². The lowest BCUT2D eigenvalue weighted by molar-refractivity contribution is -0.154. The molecule has 0 bridgehead atoms. The predicted molar refractivity (Wildman–Crippen MR) is 76.2 cm³/mol. The zero-order chi connectivity index (χ0) is 14.4.